The van der Waals surface area contributed by atoms with Crippen LogP contribution in [0.4, 0.5) is 5.69 Å². The van der Waals surface area contributed by atoms with Crippen LogP contribution in [0.25, 0.3) is 0 Å². The molecule has 2 atom stereocenters. The highest BCUT2D eigenvalue weighted by Gasteiger charge is 2.23. The Hall–Kier alpha value is -2.38. The topological polar surface area (TPSA) is 45.5 Å². The van der Waals surface area contributed by atoms with Crippen LogP contribution in [0.2, 0.25) is 5.02 Å². The van der Waals surface area contributed by atoms with Crippen LogP contribution in [-0.4, -0.2) is 26.8 Å². The molecule has 0 saturated carbocycles. The van der Waals surface area contributed by atoms with E-state index in [2.05, 4.69) is 50.9 Å². The summed E-state index contributed by atoms with van der Waals surface area (Å²) in [6.07, 6.45) is 2.46. The van der Waals surface area contributed by atoms with Gasteiger partial charge in [-0.15, -0.1) is 0 Å². The summed E-state index contributed by atoms with van der Waals surface area (Å²) in [5.74, 6) is 2.27. The molecule has 0 fully saturated rings. The van der Waals surface area contributed by atoms with Gasteiger partial charge in [0.2, 0.25) is 0 Å². The number of nitrogens with zero attached hydrogens (tertiary/aromatic N) is 2. The van der Waals surface area contributed by atoms with E-state index in [1.807, 2.05) is 30.3 Å². The van der Waals surface area contributed by atoms with Crippen molar-refractivity contribution >= 4 is 17.3 Å². The Kier molecular flexibility index (Phi) is 9.33. The van der Waals surface area contributed by atoms with Crippen LogP contribution < -0.4 is 14.4 Å². The largest absolute Gasteiger partial charge is 0.493 e. The van der Waals surface area contributed by atoms with Gasteiger partial charge in [-0.25, -0.2) is 0 Å². The molecule has 0 N–H and O–H groups in total. The molecular weight excluding hydrogens is 396 g/mol. The number of methoxy groups -OCH3 is 1. The average Bonchev–Trinajstić information content (AvgIpc) is 2.73. The molecule has 2 aromatic carbocycles. The quantitative estimate of drug-likeness (QED) is 0.417. The van der Waals surface area contributed by atoms with Gasteiger partial charge in [0.05, 0.1) is 19.6 Å². The lowest BCUT2D eigenvalue weighted by Gasteiger charge is -2.30. The second-order valence-corrected chi connectivity index (χ2v) is 8.52. The van der Waals surface area contributed by atoms with Gasteiger partial charge in [0, 0.05) is 24.3 Å². The second-order valence-electron chi connectivity index (χ2n) is 8.09. The molecule has 162 valence electrons. The number of hydrogen-bond donors (Lipinski definition) is 0. The van der Waals surface area contributed by atoms with E-state index in [-0.39, 0.29) is 6.10 Å². The van der Waals surface area contributed by atoms with Gasteiger partial charge >= 0.3 is 0 Å². The van der Waals surface area contributed by atoms with E-state index < -0.39 is 0 Å². The smallest absolute Gasteiger partial charge is 0.161 e. The van der Waals surface area contributed by atoms with Crippen LogP contribution in [-0.2, 0) is 6.42 Å². The highest BCUT2D eigenvalue weighted by Crippen LogP contribution is 2.32. The van der Waals surface area contributed by atoms with Gasteiger partial charge in [-0.3, -0.25) is 0 Å². The van der Waals surface area contributed by atoms with Gasteiger partial charge in [0.15, 0.2) is 11.5 Å². The summed E-state index contributed by atoms with van der Waals surface area (Å²) in [5.41, 5.74) is 2.09. The average molecular weight is 429 g/mol. The number of nitriles is 1. The number of hydrogen-bond acceptors (Lipinski definition) is 4. The zero-order valence-corrected chi connectivity index (χ0v) is 19.4. The summed E-state index contributed by atoms with van der Waals surface area (Å²) >= 11 is 6.02. The van der Waals surface area contributed by atoms with Crippen LogP contribution in [0.5, 0.6) is 11.5 Å². The van der Waals surface area contributed by atoms with Crippen LogP contribution in [0.3, 0.4) is 0 Å². The zero-order chi connectivity index (χ0) is 22.1. The van der Waals surface area contributed by atoms with E-state index in [9.17, 15) is 0 Å². The number of anilines is 1. The van der Waals surface area contributed by atoms with Crippen molar-refractivity contribution in [3.05, 3.63) is 53.1 Å². The molecule has 0 aliphatic carbocycles. The van der Waals surface area contributed by atoms with Crippen LogP contribution in [0.15, 0.2) is 42.5 Å². The lowest BCUT2D eigenvalue weighted by molar-refractivity contribution is 0.117. The molecule has 2 aromatic rings. The van der Waals surface area contributed by atoms with Crippen molar-refractivity contribution in [1.82, 2.24) is 0 Å². The number of benzene rings is 2. The molecule has 0 aliphatic rings. The first kappa shape index (κ1) is 23.9. The maximum absolute atomic E-state index is 8.93. The summed E-state index contributed by atoms with van der Waals surface area (Å²) < 4.78 is 11.9. The first-order valence-electron chi connectivity index (χ1n) is 10.5. The highest BCUT2D eigenvalue weighted by atomic mass is 35.5. The molecule has 30 heavy (non-hydrogen) atoms. The SMILES string of the molecule is CCC(CC(Oc1ccc(CC#N)cc1OC)C(C)C)CN(C)c1ccc(Cl)cc1. The molecule has 0 bridgehead atoms. The first-order chi connectivity index (χ1) is 14.4. The minimum Gasteiger partial charge on any atom is -0.493 e. The minimum atomic E-state index is 0.0734. The van der Waals surface area contributed by atoms with Gasteiger partial charge in [0.25, 0.3) is 0 Å². The lowest BCUT2D eigenvalue weighted by atomic mass is 9.92. The molecule has 2 unspecified atom stereocenters. The van der Waals surface area contributed by atoms with Crippen molar-refractivity contribution < 1.29 is 9.47 Å². The Labute approximate surface area is 186 Å². The number of halogens is 1. The monoisotopic (exact) mass is 428 g/mol. The normalized spacial score (nSPS) is 12.9. The van der Waals surface area contributed by atoms with E-state index in [1.54, 1.807) is 7.11 Å². The maximum atomic E-state index is 8.93. The number of ether oxygens (including phenoxy) is 2. The summed E-state index contributed by atoms with van der Waals surface area (Å²) in [6, 6.07) is 15.9. The second kappa shape index (κ2) is 11.7. The summed E-state index contributed by atoms with van der Waals surface area (Å²) in [7, 11) is 3.76. The minimum absolute atomic E-state index is 0.0734. The standard InChI is InChI=1S/C25H33ClN2O2/c1-6-19(17-28(4)22-10-8-21(26)9-11-22)15-24(18(2)3)30-23-12-7-20(13-14-27)16-25(23)29-5/h7-12,16,18-19,24H,6,13,15,17H2,1-5H3. The van der Waals surface area contributed by atoms with Gasteiger partial charge in [-0.2, -0.15) is 5.26 Å². The predicted molar refractivity (Wildman–Crippen MR) is 125 cm³/mol. The van der Waals surface area contributed by atoms with Crippen LogP contribution in [0, 0.1) is 23.2 Å². The predicted octanol–water partition coefficient (Wildman–Crippen LogP) is 6.37. The molecule has 0 radical (unpaired) electrons. The Morgan fingerprint density at radius 3 is 2.37 bits per heavy atom. The van der Waals surface area contributed by atoms with Gasteiger partial charge < -0.3 is 14.4 Å². The Bertz CT molecular complexity index is 830. The van der Waals surface area contributed by atoms with Crippen molar-refractivity contribution in [3.8, 4) is 17.6 Å². The molecule has 0 heterocycles. The van der Waals surface area contributed by atoms with E-state index in [4.69, 9.17) is 26.3 Å². The van der Waals surface area contributed by atoms with E-state index in [0.29, 0.717) is 24.0 Å². The van der Waals surface area contributed by atoms with Crippen molar-refractivity contribution in [2.24, 2.45) is 11.8 Å². The Balaban J connectivity index is 2.09. The van der Waals surface area contributed by atoms with Crippen LogP contribution in [0.1, 0.15) is 39.2 Å². The molecule has 5 heteroatoms. The molecular formula is C25H33ClN2O2. The summed E-state index contributed by atoms with van der Waals surface area (Å²) in [5, 5.41) is 9.68. The lowest BCUT2D eigenvalue weighted by Crippen LogP contribution is -2.32. The fraction of sp³-hybridized carbons (Fsp3) is 0.480. The summed E-state index contributed by atoms with van der Waals surface area (Å²) in [4.78, 5) is 2.28. The van der Waals surface area contributed by atoms with E-state index >= 15 is 0 Å². The van der Waals surface area contributed by atoms with Gasteiger partial charge in [-0.05, 0) is 60.2 Å². The first-order valence-corrected chi connectivity index (χ1v) is 10.9. The maximum Gasteiger partial charge on any atom is 0.161 e. The molecule has 0 saturated heterocycles. The van der Waals surface area contributed by atoms with E-state index in [1.165, 1.54) is 0 Å². The van der Waals surface area contributed by atoms with Crippen molar-refractivity contribution in [2.45, 2.75) is 46.1 Å². The van der Waals surface area contributed by atoms with Gasteiger partial charge in [0.1, 0.15) is 6.10 Å². The molecule has 4 nitrogen and oxygen atoms in total. The van der Waals surface area contributed by atoms with Crippen molar-refractivity contribution in [1.29, 1.82) is 5.26 Å². The third-order valence-corrected chi connectivity index (χ3v) is 5.73. The molecule has 0 aliphatic heterocycles. The van der Waals surface area contributed by atoms with Crippen molar-refractivity contribution in [2.75, 3.05) is 25.6 Å². The molecule has 0 amide bonds. The molecule has 0 aromatic heterocycles. The van der Waals surface area contributed by atoms with Gasteiger partial charge in [-0.1, -0.05) is 44.9 Å². The highest BCUT2D eigenvalue weighted by molar-refractivity contribution is 6.30. The third-order valence-electron chi connectivity index (χ3n) is 5.48. The van der Waals surface area contributed by atoms with Crippen molar-refractivity contribution in [3.63, 3.8) is 0 Å². The molecule has 0 spiro atoms. The molecule has 2 rings (SSSR count). The summed E-state index contributed by atoms with van der Waals surface area (Å²) in [6.45, 7) is 7.56. The zero-order valence-electron chi connectivity index (χ0n) is 18.7. The Morgan fingerprint density at radius 1 is 1.10 bits per heavy atom. The Morgan fingerprint density at radius 2 is 1.80 bits per heavy atom. The third kappa shape index (κ3) is 6.85. The van der Waals surface area contributed by atoms with Crippen LogP contribution >= 0.6 is 11.6 Å². The fourth-order valence-corrected chi connectivity index (χ4v) is 3.64. The number of rotatable bonds is 11. The fourth-order valence-electron chi connectivity index (χ4n) is 3.52. The van der Waals surface area contributed by atoms with E-state index in [0.717, 1.165) is 41.4 Å².